The lowest BCUT2D eigenvalue weighted by molar-refractivity contribution is 0.0958. The zero-order chi connectivity index (χ0) is 23.8. The molecular weight excluding hydrogens is 431 g/mol. The number of amidine groups is 1. The van der Waals surface area contributed by atoms with Crippen LogP contribution >= 0.6 is 0 Å². The summed E-state index contributed by atoms with van der Waals surface area (Å²) in [5.41, 5.74) is 3.04. The Kier molecular flexibility index (Phi) is 7.49. The minimum absolute atomic E-state index is 0.0494. The predicted molar refractivity (Wildman–Crippen MR) is 122 cm³/mol. The summed E-state index contributed by atoms with van der Waals surface area (Å²) in [5.74, 6) is 5.17. The quantitative estimate of drug-likeness (QED) is 0.179. The maximum atomic E-state index is 14.5. The summed E-state index contributed by atoms with van der Waals surface area (Å²) >= 11 is 0. The van der Waals surface area contributed by atoms with E-state index in [-0.39, 0.29) is 40.3 Å². The van der Waals surface area contributed by atoms with E-state index in [4.69, 9.17) is 10.6 Å². The molecule has 0 aliphatic rings. The average molecular weight is 452 g/mol. The molecule has 0 aliphatic heterocycles. The van der Waals surface area contributed by atoms with Gasteiger partial charge in [0.1, 0.15) is 5.82 Å². The van der Waals surface area contributed by atoms with Gasteiger partial charge < -0.3 is 20.8 Å². The largest absolute Gasteiger partial charge is 0.494 e. The number of hydrogen-bond acceptors (Lipinski definition) is 10. The normalized spacial score (nSPS) is 11.4. The first kappa shape index (κ1) is 23.1. The molecule has 3 rings (SSSR count). The molecule has 0 saturated carbocycles. The summed E-state index contributed by atoms with van der Waals surface area (Å²) in [6.07, 6.45) is 4.44. The van der Waals surface area contributed by atoms with E-state index in [9.17, 15) is 9.18 Å². The Bertz CT molecular complexity index is 1200. The van der Waals surface area contributed by atoms with Crippen LogP contribution in [-0.4, -0.2) is 59.3 Å². The zero-order valence-electron chi connectivity index (χ0n) is 18.0. The van der Waals surface area contributed by atoms with E-state index in [1.165, 1.54) is 51.0 Å². The highest BCUT2D eigenvalue weighted by Gasteiger charge is 2.20. The number of aliphatic imine (C=N–C) groups is 2. The van der Waals surface area contributed by atoms with Gasteiger partial charge in [0.2, 0.25) is 0 Å². The fourth-order valence-corrected chi connectivity index (χ4v) is 2.82. The standard InChI is InChI=1S/C20H21FN10O2/c1-23-10-16(29-22)28-15-9-13(17(31-30-15)20(32)24-2)27-14-8-11(21)7-12(18(14)33-3)19-25-5-4-6-26-19/h4-10H,22H2,1-3H3,(H,24,32)(H2,27,28,29,30). The third-order valence-electron chi connectivity index (χ3n) is 4.19. The monoisotopic (exact) mass is 452 g/mol. The Morgan fingerprint density at radius 3 is 2.58 bits per heavy atom. The van der Waals surface area contributed by atoms with Crippen LogP contribution < -0.4 is 26.6 Å². The lowest BCUT2D eigenvalue weighted by Gasteiger charge is -2.16. The molecule has 0 atom stereocenters. The third-order valence-corrected chi connectivity index (χ3v) is 4.19. The fraction of sp³-hybridized carbons (Fsp3) is 0.150. The highest BCUT2D eigenvalue weighted by atomic mass is 19.1. The number of benzene rings is 1. The van der Waals surface area contributed by atoms with Gasteiger partial charge in [-0.15, -0.1) is 10.2 Å². The molecule has 0 spiro atoms. The number of halogens is 1. The number of carbonyl (C=O) groups excluding carboxylic acids is 1. The van der Waals surface area contributed by atoms with Gasteiger partial charge in [-0.2, -0.15) is 0 Å². The summed E-state index contributed by atoms with van der Waals surface area (Å²) in [5, 5.41) is 13.3. The number of nitrogens with zero attached hydrogens (tertiary/aromatic N) is 6. The van der Waals surface area contributed by atoms with E-state index in [2.05, 4.69) is 46.2 Å². The zero-order valence-corrected chi connectivity index (χ0v) is 18.0. The number of amides is 1. The van der Waals surface area contributed by atoms with Crippen molar-refractivity contribution in [2.45, 2.75) is 0 Å². The van der Waals surface area contributed by atoms with Crippen molar-refractivity contribution in [1.29, 1.82) is 0 Å². The van der Waals surface area contributed by atoms with Crippen LogP contribution in [0.5, 0.6) is 5.75 Å². The number of aromatic nitrogens is 4. The molecule has 33 heavy (non-hydrogen) atoms. The van der Waals surface area contributed by atoms with Crippen molar-refractivity contribution in [3.05, 3.63) is 48.2 Å². The van der Waals surface area contributed by atoms with E-state index in [0.29, 0.717) is 5.56 Å². The SMILES string of the molecule is CN=CC(=Nc1cc(Nc2cc(F)cc(-c3ncccn3)c2OC)c(C(=O)NC)nn1)NN. The number of nitrogens with one attached hydrogen (secondary N) is 3. The second kappa shape index (κ2) is 10.7. The number of methoxy groups -OCH3 is 1. The Balaban J connectivity index is 2.14. The molecule has 0 unspecified atom stereocenters. The van der Waals surface area contributed by atoms with Crippen LogP contribution in [-0.2, 0) is 0 Å². The second-order valence-corrected chi connectivity index (χ2v) is 6.30. The summed E-state index contributed by atoms with van der Waals surface area (Å²) in [6, 6.07) is 5.55. The smallest absolute Gasteiger partial charge is 0.273 e. The Hall–Kier alpha value is -4.52. The first-order valence-corrected chi connectivity index (χ1v) is 9.49. The van der Waals surface area contributed by atoms with Crippen LogP contribution in [0.25, 0.3) is 11.4 Å². The molecular formula is C20H21FN10O2. The van der Waals surface area contributed by atoms with Crippen LogP contribution in [0.2, 0.25) is 0 Å². The predicted octanol–water partition coefficient (Wildman–Crippen LogP) is 1.38. The van der Waals surface area contributed by atoms with Crippen molar-refractivity contribution >= 4 is 35.2 Å². The molecule has 1 aromatic carbocycles. The molecule has 0 radical (unpaired) electrons. The number of ether oxygens (including phenoxy) is 1. The molecule has 2 heterocycles. The molecule has 0 saturated heterocycles. The molecule has 12 nitrogen and oxygen atoms in total. The third kappa shape index (κ3) is 5.40. The first-order chi connectivity index (χ1) is 16.0. The van der Waals surface area contributed by atoms with Crippen molar-refractivity contribution in [2.75, 3.05) is 26.5 Å². The lowest BCUT2D eigenvalue weighted by Crippen LogP contribution is -2.31. The van der Waals surface area contributed by atoms with Gasteiger partial charge in [-0.25, -0.2) is 25.2 Å². The second-order valence-electron chi connectivity index (χ2n) is 6.30. The minimum Gasteiger partial charge on any atom is -0.494 e. The Morgan fingerprint density at radius 1 is 1.18 bits per heavy atom. The van der Waals surface area contributed by atoms with Crippen LogP contribution in [0.15, 0.2) is 46.6 Å². The van der Waals surface area contributed by atoms with E-state index < -0.39 is 11.7 Å². The maximum Gasteiger partial charge on any atom is 0.273 e. The van der Waals surface area contributed by atoms with E-state index in [0.717, 1.165) is 0 Å². The number of hydrogen-bond donors (Lipinski definition) is 4. The van der Waals surface area contributed by atoms with Crippen molar-refractivity contribution < 1.29 is 13.9 Å². The highest BCUT2D eigenvalue weighted by Crippen LogP contribution is 2.38. The van der Waals surface area contributed by atoms with Crippen LogP contribution in [0.3, 0.4) is 0 Å². The first-order valence-electron chi connectivity index (χ1n) is 9.49. The van der Waals surface area contributed by atoms with E-state index in [1.807, 2.05) is 0 Å². The molecule has 5 N–H and O–H groups in total. The molecule has 2 aromatic heterocycles. The molecule has 1 amide bonds. The molecule has 0 aliphatic carbocycles. The number of carbonyl (C=O) groups is 1. The van der Waals surface area contributed by atoms with Gasteiger partial charge in [0, 0.05) is 38.6 Å². The number of rotatable bonds is 7. The van der Waals surface area contributed by atoms with E-state index in [1.54, 1.807) is 13.1 Å². The van der Waals surface area contributed by atoms with Crippen molar-refractivity contribution in [3.8, 4) is 17.1 Å². The summed E-state index contributed by atoms with van der Waals surface area (Å²) in [7, 11) is 4.42. The maximum absolute atomic E-state index is 14.5. The Morgan fingerprint density at radius 2 is 1.94 bits per heavy atom. The van der Waals surface area contributed by atoms with Gasteiger partial charge >= 0.3 is 0 Å². The summed E-state index contributed by atoms with van der Waals surface area (Å²) in [6.45, 7) is 0. The van der Waals surface area contributed by atoms with Gasteiger partial charge in [0.15, 0.2) is 28.9 Å². The molecule has 0 bridgehead atoms. The lowest BCUT2D eigenvalue weighted by atomic mass is 10.1. The highest BCUT2D eigenvalue weighted by molar-refractivity contribution is 6.29. The van der Waals surface area contributed by atoms with Gasteiger partial charge in [-0.3, -0.25) is 9.79 Å². The van der Waals surface area contributed by atoms with E-state index >= 15 is 0 Å². The van der Waals surface area contributed by atoms with Gasteiger partial charge in [-0.05, 0) is 12.1 Å². The van der Waals surface area contributed by atoms with Gasteiger partial charge in [-0.1, -0.05) is 0 Å². The Labute approximate surface area is 188 Å². The molecule has 13 heteroatoms. The number of nitrogens with two attached hydrogens (primary N) is 1. The fourth-order valence-electron chi connectivity index (χ4n) is 2.82. The van der Waals surface area contributed by atoms with Crippen molar-refractivity contribution in [3.63, 3.8) is 0 Å². The average Bonchev–Trinajstić information content (AvgIpc) is 2.83. The van der Waals surface area contributed by atoms with Crippen LogP contribution in [0, 0.1) is 5.82 Å². The van der Waals surface area contributed by atoms with Gasteiger partial charge in [0.05, 0.1) is 30.3 Å². The van der Waals surface area contributed by atoms with Crippen molar-refractivity contribution in [1.82, 2.24) is 30.9 Å². The van der Waals surface area contributed by atoms with Crippen LogP contribution in [0.4, 0.5) is 21.6 Å². The van der Waals surface area contributed by atoms with Gasteiger partial charge in [0.25, 0.3) is 5.91 Å². The van der Waals surface area contributed by atoms with Crippen LogP contribution in [0.1, 0.15) is 10.5 Å². The summed E-state index contributed by atoms with van der Waals surface area (Å²) in [4.78, 5) is 28.7. The number of hydrazine groups is 1. The minimum atomic E-state index is -0.573. The van der Waals surface area contributed by atoms with Crippen molar-refractivity contribution in [2.24, 2.45) is 15.8 Å². The molecule has 0 fully saturated rings. The number of anilines is 2. The summed E-state index contributed by atoms with van der Waals surface area (Å²) < 4.78 is 20.0. The molecule has 170 valence electrons. The molecule has 3 aromatic rings. The topological polar surface area (TPSA) is 165 Å².